The number of carbonyl (C=O) groups is 2. The van der Waals surface area contributed by atoms with Gasteiger partial charge in [0.25, 0.3) is 5.91 Å². The van der Waals surface area contributed by atoms with Crippen LogP contribution in [0.2, 0.25) is 0 Å². The van der Waals surface area contributed by atoms with Gasteiger partial charge < -0.3 is 5.32 Å². The van der Waals surface area contributed by atoms with Crippen molar-refractivity contribution in [1.82, 2.24) is 4.90 Å². The Balaban J connectivity index is 1.61. The highest BCUT2D eigenvalue weighted by molar-refractivity contribution is 8.26. The van der Waals surface area contributed by atoms with Crippen molar-refractivity contribution in [3.63, 3.8) is 0 Å². The number of rotatable bonds is 5. The molecule has 0 radical (unpaired) electrons. The summed E-state index contributed by atoms with van der Waals surface area (Å²) in [6, 6.07) is 17.2. The van der Waals surface area contributed by atoms with E-state index in [0.29, 0.717) is 9.23 Å². The predicted molar refractivity (Wildman–Crippen MR) is 111 cm³/mol. The number of carbonyl (C=O) groups excluding carboxylic acids is 2. The smallest absolute Gasteiger partial charge is 0.266 e. The van der Waals surface area contributed by atoms with Gasteiger partial charge in [-0.2, -0.15) is 0 Å². The standard InChI is InChI=1S/C20H18N2O2S2/c1-14-7-5-6-10-16(14)21-18(23)11-12-22-19(24)17(26-20(22)25)13-15-8-3-2-4-9-15/h2-10,13H,11-12H2,1H3,(H,21,23)/b17-13+. The van der Waals surface area contributed by atoms with Crippen molar-refractivity contribution in [3.8, 4) is 0 Å². The lowest BCUT2D eigenvalue weighted by molar-refractivity contribution is -0.122. The number of nitrogens with zero attached hydrogens (tertiary/aromatic N) is 1. The zero-order valence-corrected chi connectivity index (χ0v) is 15.9. The number of thiocarbonyl (C=S) groups is 1. The molecule has 0 aromatic heterocycles. The van der Waals surface area contributed by atoms with Crippen LogP contribution >= 0.6 is 24.0 Å². The monoisotopic (exact) mass is 382 g/mol. The maximum absolute atomic E-state index is 12.6. The topological polar surface area (TPSA) is 49.4 Å². The van der Waals surface area contributed by atoms with Gasteiger partial charge in [0, 0.05) is 18.7 Å². The molecule has 1 heterocycles. The van der Waals surface area contributed by atoms with Crippen LogP contribution in [-0.2, 0) is 9.59 Å². The average molecular weight is 383 g/mol. The second kappa shape index (κ2) is 8.29. The SMILES string of the molecule is Cc1ccccc1NC(=O)CCN1C(=O)/C(=C\c2ccccc2)SC1=S. The average Bonchev–Trinajstić information content (AvgIpc) is 2.89. The number of amides is 2. The molecule has 0 saturated carbocycles. The number of hydrogen-bond acceptors (Lipinski definition) is 4. The summed E-state index contributed by atoms with van der Waals surface area (Å²) < 4.78 is 0.487. The number of benzene rings is 2. The highest BCUT2D eigenvalue weighted by Crippen LogP contribution is 2.32. The van der Waals surface area contributed by atoms with Gasteiger partial charge in [-0.25, -0.2) is 0 Å². The highest BCUT2D eigenvalue weighted by Gasteiger charge is 2.32. The van der Waals surface area contributed by atoms with E-state index in [1.807, 2.05) is 67.6 Å². The Morgan fingerprint density at radius 1 is 1.15 bits per heavy atom. The molecular formula is C20H18N2O2S2. The second-order valence-electron chi connectivity index (χ2n) is 5.86. The molecule has 1 fully saturated rings. The minimum Gasteiger partial charge on any atom is -0.326 e. The number of anilines is 1. The summed E-state index contributed by atoms with van der Waals surface area (Å²) in [5.41, 5.74) is 2.73. The lowest BCUT2D eigenvalue weighted by Gasteiger charge is -2.14. The van der Waals surface area contributed by atoms with E-state index in [0.717, 1.165) is 16.8 Å². The van der Waals surface area contributed by atoms with E-state index >= 15 is 0 Å². The van der Waals surface area contributed by atoms with Crippen molar-refractivity contribution in [2.45, 2.75) is 13.3 Å². The Labute approximate surface area is 162 Å². The molecule has 4 nitrogen and oxygen atoms in total. The number of hydrogen-bond donors (Lipinski definition) is 1. The summed E-state index contributed by atoms with van der Waals surface area (Å²) in [7, 11) is 0. The number of thioether (sulfide) groups is 1. The van der Waals surface area contributed by atoms with Crippen LogP contribution in [0.5, 0.6) is 0 Å². The first-order valence-electron chi connectivity index (χ1n) is 8.20. The first-order chi connectivity index (χ1) is 12.5. The van der Waals surface area contributed by atoms with Crippen LogP contribution in [0.4, 0.5) is 5.69 Å². The molecule has 0 bridgehead atoms. The van der Waals surface area contributed by atoms with Gasteiger partial charge in [-0.05, 0) is 30.2 Å². The Kier molecular flexibility index (Phi) is 5.85. The molecule has 1 N–H and O–H groups in total. The lowest BCUT2D eigenvalue weighted by Crippen LogP contribution is -2.31. The molecule has 1 saturated heterocycles. The van der Waals surface area contributed by atoms with E-state index < -0.39 is 0 Å². The van der Waals surface area contributed by atoms with Gasteiger partial charge in [-0.1, -0.05) is 72.5 Å². The van der Waals surface area contributed by atoms with Gasteiger partial charge in [-0.3, -0.25) is 14.5 Å². The quantitative estimate of drug-likeness (QED) is 0.621. The van der Waals surface area contributed by atoms with Crippen LogP contribution < -0.4 is 5.32 Å². The first kappa shape index (κ1) is 18.4. The van der Waals surface area contributed by atoms with Gasteiger partial charge >= 0.3 is 0 Å². The van der Waals surface area contributed by atoms with E-state index in [4.69, 9.17) is 12.2 Å². The summed E-state index contributed by atoms with van der Waals surface area (Å²) in [4.78, 5) is 26.8. The Morgan fingerprint density at radius 3 is 2.58 bits per heavy atom. The summed E-state index contributed by atoms with van der Waals surface area (Å²) in [5.74, 6) is -0.284. The van der Waals surface area contributed by atoms with E-state index in [9.17, 15) is 9.59 Å². The van der Waals surface area contributed by atoms with Gasteiger partial charge in [0.2, 0.25) is 5.91 Å². The van der Waals surface area contributed by atoms with Crippen LogP contribution in [0.1, 0.15) is 17.5 Å². The first-order valence-corrected chi connectivity index (χ1v) is 9.43. The fraction of sp³-hybridized carbons (Fsp3) is 0.150. The van der Waals surface area contributed by atoms with Crippen molar-refractivity contribution in [2.75, 3.05) is 11.9 Å². The molecule has 6 heteroatoms. The number of aryl methyl sites for hydroxylation is 1. The number of nitrogens with one attached hydrogen (secondary N) is 1. The molecule has 132 valence electrons. The fourth-order valence-electron chi connectivity index (χ4n) is 2.53. The van der Waals surface area contributed by atoms with Gasteiger partial charge in [0.1, 0.15) is 4.32 Å². The summed E-state index contributed by atoms with van der Waals surface area (Å²) >= 11 is 6.58. The third-order valence-electron chi connectivity index (χ3n) is 3.95. The number of para-hydroxylation sites is 1. The molecule has 0 spiro atoms. The van der Waals surface area contributed by atoms with Crippen LogP contribution in [0.25, 0.3) is 6.08 Å². The van der Waals surface area contributed by atoms with Crippen LogP contribution in [0.3, 0.4) is 0 Å². The maximum Gasteiger partial charge on any atom is 0.266 e. The normalized spacial score (nSPS) is 15.6. The van der Waals surface area contributed by atoms with Crippen molar-refractivity contribution in [1.29, 1.82) is 0 Å². The van der Waals surface area contributed by atoms with E-state index in [2.05, 4.69) is 5.32 Å². The minimum atomic E-state index is -0.146. The molecular weight excluding hydrogens is 364 g/mol. The van der Waals surface area contributed by atoms with Crippen molar-refractivity contribution in [2.24, 2.45) is 0 Å². The molecule has 2 aromatic rings. The van der Waals surface area contributed by atoms with E-state index in [-0.39, 0.29) is 24.8 Å². The van der Waals surface area contributed by atoms with Crippen LogP contribution in [0, 0.1) is 6.92 Å². The minimum absolute atomic E-state index is 0.139. The zero-order chi connectivity index (χ0) is 18.5. The third kappa shape index (κ3) is 4.39. The molecule has 1 aliphatic rings. The Morgan fingerprint density at radius 2 is 1.85 bits per heavy atom. The van der Waals surface area contributed by atoms with Crippen LogP contribution in [-0.4, -0.2) is 27.6 Å². The van der Waals surface area contributed by atoms with Crippen molar-refractivity contribution in [3.05, 3.63) is 70.6 Å². The molecule has 2 amide bonds. The van der Waals surface area contributed by atoms with Crippen molar-refractivity contribution >= 4 is 51.9 Å². The molecule has 0 aliphatic carbocycles. The predicted octanol–water partition coefficient (Wildman–Crippen LogP) is 4.23. The molecule has 26 heavy (non-hydrogen) atoms. The van der Waals surface area contributed by atoms with Gasteiger partial charge in [0.15, 0.2) is 0 Å². The lowest BCUT2D eigenvalue weighted by atomic mass is 10.2. The molecule has 2 aromatic carbocycles. The largest absolute Gasteiger partial charge is 0.326 e. The van der Waals surface area contributed by atoms with Gasteiger partial charge in [-0.15, -0.1) is 0 Å². The van der Waals surface area contributed by atoms with Gasteiger partial charge in [0.05, 0.1) is 4.91 Å². The fourth-order valence-corrected chi connectivity index (χ4v) is 3.84. The van der Waals surface area contributed by atoms with E-state index in [1.165, 1.54) is 16.7 Å². The Hall–Kier alpha value is -2.44. The molecule has 0 atom stereocenters. The van der Waals surface area contributed by atoms with E-state index in [1.54, 1.807) is 0 Å². The maximum atomic E-state index is 12.6. The summed E-state index contributed by atoms with van der Waals surface area (Å²) in [6.07, 6.45) is 2.02. The third-order valence-corrected chi connectivity index (χ3v) is 5.33. The second-order valence-corrected chi connectivity index (χ2v) is 7.53. The zero-order valence-electron chi connectivity index (χ0n) is 14.3. The molecule has 0 unspecified atom stereocenters. The Bertz CT molecular complexity index is 878. The van der Waals surface area contributed by atoms with Crippen molar-refractivity contribution < 1.29 is 9.59 Å². The van der Waals surface area contributed by atoms with Crippen LogP contribution in [0.15, 0.2) is 59.5 Å². The summed E-state index contributed by atoms with van der Waals surface area (Å²) in [6.45, 7) is 2.21. The summed E-state index contributed by atoms with van der Waals surface area (Å²) in [5, 5.41) is 2.87. The highest BCUT2D eigenvalue weighted by atomic mass is 32.2. The molecule has 3 rings (SSSR count). The molecule has 1 aliphatic heterocycles.